The minimum absolute atomic E-state index is 0.630. The predicted molar refractivity (Wildman–Crippen MR) is 68.0 cm³/mol. The van der Waals surface area contributed by atoms with Crippen LogP contribution in [-0.4, -0.2) is 16.3 Å². The van der Waals surface area contributed by atoms with Crippen molar-refractivity contribution >= 4 is 17.3 Å². The van der Waals surface area contributed by atoms with Crippen molar-refractivity contribution in [2.75, 3.05) is 0 Å². The molecule has 0 unspecified atom stereocenters. The molecule has 0 saturated heterocycles. The Morgan fingerprint density at radius 2 is 1.83 bits per heavy atom. The number of carbonyl (C=O) groups is 1. The summed E-state index contributed by atoms with van der Waals surface area (Å²) in [5.74, 6) is 1.41. The van der Waals surface area contributed by atoms with Gasteiger partial charge in [-0.1, -0.05) is 0 Å². The van der Waals surface area contributed by atoms with Gasteiger partial charge in [0.15, 0.2) is 0 Å². The zero-order valence-corrected chi connectivity index (χ0v) is 9.46. The van der Waals surface area contributed by atoms with Crippen LogP contribution in [0.25, 0.3) is 11.0 Å². The quantitative estimate of drug-likeness (QED) is 0.713. The number of carbonyl (C=O) groups excluding carboxylic acids is 1. The highest BCUT2D eigenvalue weighted by Crippen LogP contribution is 2.24. The molecule has 3 aromatic rings. The molecule has 0 spiro atoms. The first kappa shape index (κ1) is 10.5. The van der Waals surface area contributed by atoms with Gasteiger partial charge in [-0.15, -0.1) is 0 Å². The maximum Gasteiger partial charge on any atom is 0.150 e. The lowest BCUT2D eigenvalue weighted by Crippen LogP contribution is -1.85. The zero-order valence-electron chi connectivity index (χ0n) is 9.46. The van der Waals surface area contributed by atoms with Crippen LogP contribution in [0.4, 0.5) is 0 Å². The van der Waals surface area contributed by atoms with E-state index in [9.17, 15) is 4.79 Å². The fraction of sp³-hybridized carbons (Fsp3) is 0. The van der Waals surface area contributed by atoms with Gasteiger partial charge in [0.2, 0.25) is 0 Å². The van der Waals surface area contributed by atoms with E-state index >= 15 is 0 Å². The third kappa shape index (κ3) is 1.96. The number of nitrogens with one attached hydrogen (secondary N) is 1. The number of fused-ring (bicyclic) bond motifs is 1. The van der Waals surface area contributed by atoms with Gasteiger partial charge in [0, 0.05) is 11.6 Å². The molecule has 0 aliphatic carbocycles. The molecule has 88 valence electrons. The molecule has 0 aliphatic rings. The lowest BCUT2D eigenvalue weighted by molar-refractivity contribution is 0.112. The first-order valence-electron chi connectivity index (χ1n) is 5.51. The molecule has 0 fully saturated rings. The number of aromatic amines is 1. The Labute approximate surface area is 103 Å². The highest BCUT2D eigenvalue weighted by molar-refractivity contribution is 5.76. The van der Waals surface area contributed by atoms with Crippen LogP contribution in [0.15, 0.2) is 48.8 Å². The van der Waals surface area contributed by atoms with E-state index in [4.69, 9.17) is 4.74 Å². The SMILES string of the molecule is O=Cc1ccc(Oc2ccc3[nH]cnc3c2)cc1. The molecule has 1 aromatic heterocycles. The Balaban J connectivity index is 1.87. The van der Waals surface area contributed by atoms with Crippen LogP contribution in [0.5, 0.6) is 11.5 Å². The summed E-state index contributed by atoms with van der Waals surface area (Å²) in [7, 11) is 0. The first-order valence-corrected chi connectivity index (χ1v) is 5.51. The summed E-state index contributed by atoms with van der Waals surface area (Å²) in [6.45, 7) is 0. The van der Waals surface area contributed by atoms with Gasteiger partial charge in [-0.3, -0.25) is 4.79 Å². The number of benzene rings is 2. The molecule has 0 amide bonds. The second kappa shape index (κ2) is 4.33. The number of aldehydes is 1. The number of imidazole rings is 1. The van der Waals surface area contributed by atoms with E-state index < -0.39 is 0 Å². The molecule has 1 heterocycles. The van der Waals surface area contributed by atoms with Crippen molar-refractivity contribution in [2.45, 2.75) is 0 Å². The average molecular weight is 238 g/mol. The van der Waals surface area contributed by atoms with E-state index in [0.29, 0.717) is 17.1 Å². The average Bonchev–Trinajstić information content (AvgIpc) is 2.87. The second-order valence-corrected chi connectivity index (χ2v) is 3.87. The van der Waals surface area contributed by atoms with E-state index in [0.717, 1.165) is 17.3 Å². The van der Waals surface area contributed by atoms with Gasteiger partial charge in [0.1, 0.15) is 17.8 Å². The third-order valence-corrected chi connectivity index (χ3v) is 2.64. The van der Waals surface area contributed by atoms with Gasteiger partial charge < -0.3 is 9.72 Å². The number of H-pyrrole nitrogens is 1. The predicted octanol–water partition coefficient (Wildman–Crippen LogP) is 3.17. The van der Waals surface area contributed by atoms with Crippen molar-refractivity contribution in [1.29, 1.82) is 0 Å². The standard InChI is InChI=1S/C14H10N2O2/c17-8-10-1-3-11(4-2-10)18-12-5-6-13-14(7-12)16-9-15-13/h1-9H,(H,15,16). The van der Waals surface area contributed by atoms with Gasteiger partial charge >= 0.3 is 0 Å². The molecule has 2 aromatic carbocycles. The summed E-state index contributed by atoms with van der Waals surface area (Å²) in [6, 6.07) is 12.6. The number of rotatable bonds is 3. The molecule has 0 bridgehead atoms. The van der Waals surface area contributed by atoms with Crippen molar-refractivity contribution in [2.24, 2.45) is 0 Å². The van der Waals surface area contributed by atoms with E-state index in [1.165, 1.54) is 0 Å². The van der Waals surface area contributed by atoms with E-state index in [1.54, 1.807) is 30.6 Å². The first-order chi connectivity index (χ1) is 8.85. The molecular formula is C14H10N2O2. The molecule has 4 heteroatoms. The van der Waals surface area contributed by atoms with Crippen LogP contribution >= 0.6 is 0 Å². The van der Waals surface area contributed by atoms with Crippen LogP contribution < -0.4 is 4.74 Å². The van der Waals surface area contributed by atoms with Gasteiger partial charge in [0.05, 0.1) is 17.4 Å². The topological polar surface area (TPSA) is 55.0 Å². The molecule has 4 nitrogen and oxygen atoms in total. The molecule has 0 radical (unpaired) electrons. The van der Waals surface area contributed by atoms with Crippen LogP contribution in [-0.2, 0) is 0 Å². The van der Waals surface area contributed by atoms with Gasteiger partial charge in [0.25, 0.3) is 0 Å². The molecule has 0 atom stereocenters. The Hall–Kier alpha value is -2.62. The smallest absolute Gasteiger partial charge is 0.150 e. The van der Waals surface area contributed by atoms with Gasteiger partial charge in [-0.05, 0) is 36.4 Å². The van der Waals surface area contributed by atoms with Crippen molar-refractivity contribution in [3.8, 4) is 11.5 Å². The van der Waals surface area contributed by atoms with Crippen LogP contribution in [0.3, 0.4) is 0 Å². The Bertz CT molecular complexity index is 686. The maximum atomic E-state index is 10.5. The second-order valence-electron chi connectivity index (χ2n) is 3.87. The minimum Gasteiger partial charge on any atom is -0.457 e. The van der Waals surface area contributed by atoms with E-state index in [1.807, 2.05) is 18.2 Å². The summed E-state index contributed by atoms with van der Waals surface area (Å²) in [5, 5.41) is 0. The Kier molecular flexibility index (Phi) is 2.53. The summed E-state index contributed by atoms with van der Waals surface area (Å²) in [6.07, 6.45) is 2.45. The molecule has 0 saturated carbocycles. The molecule has 1 N–H and O–H groups in total. The van der Waals surface area contributed by atoms with Gasteiger partial charge in [-0.25, -0.2) is 4.98 Å². The van der Waals surface area contributed by atoms with Crippen molar-refractivity contribution in [3.05, 3.63) is 54.4 Å². The monoisotopic (exact) mass is 238 g/mol. The largest absolute Gasteiger partial charge is 0.457 e. The zero-order chi connectivity index (χ0) is 12.4. The Morgan fingerprint density at radius 3 is 2.61 bits per heavy atom. The minimum atomic E-state index is 0.630. The van der Waals surface area contributed by atoms with E-state index in [2.05, 4.69) is 9.97 Å². The van der Waals surface area contributed by atoms with Gasteiger partial charge in [-0.2, -0.15) is 0 Å². The summed E-state index contributed by atoms with van der Waals surface area (Å²) >= 11 is 0. The lowest BCUT2D eigenvalue weighted by atomic mass is 10.2. The number of nitrogens with zero attached hydrogens (tertiary/aromatic N) is 1. The third-order valence-electron chi connectivity index (χ3n) is 2.64. The maximum absolute atomic E-state index is 10.5. The number of hydrogen-bond donors (Lipinski definition) is 1. The van der Waals surface area contributed by atoms with Crippen molar-refractivity contribution in [1.82, 2.24) is 9.97 Å². The molecular weight excluding hydrogens is 228 g/mol. The van der Waals surface area contributed by atoms with Crippen molar-refractivity contribution < 1.29 is 9.53 Å². The summed E-state index contributed by atoms with van der Waals surface area (Å²) in [5.41, 5.74) is 2.46. The molecule has 0 aliphatic heterocycles. The van der Waals surface area contributed by atoms with Crippen LogP contribution in [0.1, 0.15) is 10.4 Å². The Morgan fingerprint density at radius 1 is 1.06 bits per heavy atom. The summed E-state index contributed by atoms with van der Waals surface area (Å²) < 4.78 is 5.69. The highest BCUT2D eigenvalue weighted by atomic mass is 16.5. The molecule has 18 heavy (non-hydrogen) atoms. The number of ether oxygens (including phenoxy) is 1. The lowest BCUT2D eigenvalue weighted by Gasteiger charge is -2.05. The van der Waals surface area contributed by atoms with Crippen molar-refractivity contribution in [3.63, 3.8) is 0 Å². The normalized spacial score (nSPS) is 10.4. The van der Waals surface area contributed by atoms with Crippen LogP contribution in [0.2, 0.25) is 0 Å². The summed E-state index contributed by atoms with van der Waals surface area (Å²) in [4.78, 5) is 17.7. The number of hydrogen-bond acceptors (Lipinski definition) is 3. The fourth-order valence-corrected chi connectivity index (χ4v) is 1.73. The molecule has 3 rings (SSSR count). The van der Waals surface area contributed by atoms with E-state index in [-0.39, 0.29) is 0 Å². The highest BCUT2D eigenvalue weighted by Gasteiger charge is 2.01. The fourth-order valence-electron chi connectivity index (χ4n) is 1.73. The number of aromatic nitrogens is 2. The van der Waals surface area contributed by atoms with Crippen LogP contribution in [0, 0.1) is 0 Å².